The first-order valence-electron chi connectivity index (χ1n) is 7.01. The standard InChI is InChI=1S/C18H15N3O/c22-18(21-12-14-5-4-10-19-11-14)16-8-9-17(20-13-16)15-6-2-1-3-7-15/h1-11,13H,12H2,(H,21,22). The van der Waals surface area contributed by atoms with Crippen molar-refractivity contribution in [2.75, 3.05) is 0 Å². The van der Waals surface area contributed by atoms with Crippen LogP contribution in [0.2, 0.25) is 0 Å². The number of amides is 1. The Hall–Kier alpha value is -3.01. The van der Waals surface area contributed by atoms with Crippen molar-refractivity contribution in [3.05, 3.63) is 84.3 Å². The van der Waals surface area contributed by atoms with E-state index in [1.54, 1.807) is 24.7 Å². The Balaban J connectivity index is 1.66. The summed E-state index contributed by atoms with van der Waals surface area (Å²) in [6.07, 6.45) is 5.04. The number of nitrogens with zero attached hydrogens (tertiary/aromatic N) is 2. The zero-order valence-corrected chi connectivity index (χ0v) is 11.9. The number of carbonyl (C=O) groups is 1. The number of aromatic nitrogens is 2. The summed E-state index contributed by atoms with van der Waals surface area (Å²) in [7, 11) is 0. The van der Waals surface area contributed by atoms with Gasteiger partial charge in [0.05, 0.1) is 11.3 Å². The summed E-state index contributed by atoms with van der Waals surface area (Å²) in [6.45, 7) is 0.451. The van der Waals surface area contributed by atoms with E-state index in [0.717, 1.165) is 16.8 Å². The van der Waals surface area contributed by atoms with Crippen molar-refractivity contribution in [3.63, 3.8) is 0 Å². The molecule has 1 aromatic carbocycles. The SMILES string of the molecule is O=C(NCc1cccnc1)c1ccc(-c2ccccc2)nc1. The van der Waals surface area contributed by atoms with Gasteiger partial charge in [-0.25, -0.2) is 0 Å². The smallest absolute Gasteiger partial charge is 0.253 e. The molecular formula is C18H15N3O. The molecule has 22 heavy (non-hydrogen) atoms. The molecule has 0 spiro atoms. The van der Waals surface area contributed by atoms with Gasteiger partial charge in [0.15, 0.2) is 0 Å². The molecule has 1 amide bonds. The van der Waals surface area contributed by atoms with Crippen LogP contribution in [-0.4, -0.2) is 15.9 Å². The number of hydrogen-bond acceptors (Lipinski definition) is 3. The predicted octanol–water partition coefficient (Wildman–Crippen LogP) is 3.07. The molecule has 0 aliphatic rings. The van der Waals surface area contributed by atoms with Crippen molar-refractivity contribution in [1.82, 2.24) is 15.3 Å². The van der Waals surface area contributed by atoms with Gasteiger partial charge in [-0.05, 0) is 23.8 Å². The van der Waals surface area contributed by atoms with E-state index in [2.05, 4.69) is 15.3 Å². The first kappa shape index (κ1) is 13.9. The van der Waals surface area contributed by atoms with Crippen LogP contribution in [0.25, 0.3) is 11.3 Å². The first-order chi connectivity index (χ1) is 10.8. The number of carbonyl (C=O) groups excluding carboxylic acids is 1. The van der Waals surface area contributed by atoms with Crippen LogP contribution in [0, 0.1) is 0 Å². The first-order valence-corrected chi connectivity index (χ1v) is 7.01. The lowest BCUT2D eigenvalue weighted by Crippen LogP contribution is -2.22. The van der Waals surface area contributed by atoms with Gasteiger partial charge < -0.3 is 5.32 Å². The Kier molecular flexibility index (Phi) is 4.20. The Morgan fingerprint density at radius 2 is 1.82 bits per heavy atom. The Morgan fingerprint density at radius 3 is 2.50 bits per heavy atom. The molecular weight excluding hydrogens is 274 g/mol. The van der Waals surface area contributed by atoms with Crippen molar-refractivity contribution in [3.8, 4) is 11.3 Å². The van der Waals surface area contributed by atoms with Crippen LogP contribution in [0.3, 0.4) is 0 Å². The highest BCUT2D eigenvalue weighted by Gasteiger charge is 2.06. The molecule has 0 radical (unpaired) electrons. The van der Waals surface area contributed by atoms with Crippen LogP contribution in [0.15, 0.2) is 73.2 Å². The lowest BCUT2D eigenvalue weighted by molar-refractivity contribution is 0.0950. The maximum absolute atomic E-state index is 12.1. The van der Waals surface area contributed by atoms with E-state index in [4.69, 9.17) is 0 Å². The van der Waals surface area contributed by atoms with Crippen molar-refractivity contribution in [2.45, 2.75) is 6.54 Å². The molecule has 0 aliphatic carbocycles. The Labute approximate surface area is 128 Å². The van der Waals surface area contributed by atoms with Crippen LogP contribution in [-0.2, 0) is 6.54 Å². The number of pyridine rings is 2. The van der Waals surface area contributed by atoms with E-state index in [1.165, 1.54) is 0 Å². The third kappa shape index (κ3) is 3.35. The number of rotatable bonds is 4. The third-order valence-corrected chi connectivity index (χ3v) is 3.27. The summed E-state index contributed by atoms with van der Waals surface area (Å²) in [5.41, 5.74) is 3.39. The average Bonchev–Trinajstić information content (AvgIpc) is 2.61. The summed E-state index contributed by atoms with van der Waals surface area (Å²) >= 11 is 0. The summed E-state index contributed by atoms with van der Waals surface area (Å²) < 4.78 is 0. The van der Waals surface area contributed by atoms with Crippen LogP contribution in [0.1, 0.15) is 15.9 Å². The van der Waals surface area contributed by atoms with Crippen molar-refractivity contribution in [1.29, 1.82) is 0 Å². The van der Waals surface area contributed by atoms with E-state index in [0.29, 0.717) is 12.1 Å². The molecule has 0 unspecified atom stereocenters. The van der Waals surface area contributed by atoms with Crippen molar-refractivity contribution >= 4 is 5.91 Å². The highest BCUT2D eigenvalue weighted by Crippen LogP contribution is 2.16. The fourth-order valence-corrected chi connectivity index (χ4v) is 2.09. The molecule has 0 fully saturated rings. The lowest BCUT2D eigenvalue weighted by Gasteiger charge is -2.06. The second-order valence-electron chi connectivity index (χ2n) is 4.84. The van der Waals surface area contributed by atoms with Crippen molar-refractivity contribution in [2.24, 2.45) is 0 Å². The summed E-state index contributed by atoms with van der Waals surface area (Å²) in [6, 6.07) is 17.3. The molecule has 2 heterocycles. The molecule has 3 aromatic rings. The highest BCUT2D eigenvalue weighted by molar-refractivity contribution is 5.94. The minimum atomic E-state index is -0.143. The van der Waals surface area contributed by atoms with Crippen LogP contribution in [0.4, 0.5) is 0 Å². The maximum atomic E-state index is 12.1. The van der Waals surface area contributed by atoms with Gasteiger partial charge in [-0.2, -0.15) is 0 Å². The van der Waals surface area contributed by atoms with Gasteiger partial charge in [-0.15, -0.1) is 0 Å². The zero-order valence-electron chi connectivity index (χ0n) is 11.9. The molecule has 4 nitrogen and oxygen atoms in total. The largest absolute Gasteiger partial charge is 0.348 e. The van der Waals surface area contributed by atoms with E-state index < -0.39 is 0 Å². The summed E-state index contributed by atoms with van der Waals surface area (Å²) in [4.78, 5) is 20.5. The number of hydrogen-bond donors (Lipinski definition) is 1. The summed E-state index contributed by atoms with van der Waals surface area (Å²) in [5.74, 6) is -0.143. The lowest BCUT2D eigenvalue weighted by atomic mass is 10.1. The third-order valence-electron chi connectivity index (χ3n) is 3.27. The van der Waals surface area contributed by atoms with Crippen molar-refractivity contribution < 1.29 is 4.79 Å². The average molecular weight is 289 g/mol. The van der Waals surface area contributed by atoms with Gasteiger partial charge in [0.1, 0.15) is 0 Å². The van der Waals surface area contributed by atoms with Gasteiger partial charge >= 0.3 is 0 Å². The molecule has 108 valence electrons. The van der Waals surface area contributed by atoms with E-state index in [-0.39, 0.29) is 5.91 Å². The molecule has 0 atom stereocenters. The number of nitrogens with one attached hydrogen (secondary N) is 1. The number of benzene rings is 1. The molecule has 0 saturated heterocycles. The molecule has 4 heteroatoms. The van der Waals surface area contributed by atoms with Gasteiger partial charge in [-0.3, -0.25) is 14.8 Å². The molecule has 2 aromatic heterocycles. The molecule has 3 rings (SSSR count). The molecule has 0 aliphatic heterocycles. The molecule has 1 N–H and O–H groups in total. The van der Waals surface area contributed by atoms with Crippen LogP contribution < -0.4 is 5.32 Å². The minimum absolute atomic E-state index is 0.143. The topological polar surface area (TPSA) is 54.9 Å². The quantitative estimate of drug-likeness (QED) is 0.803. The van der Waals surface area contributed by atoms with Gasteiger partial charge in [0.2, 0.25) is 0 Å². The predicted molar refractivity (Wildman–Crippen MR) is 85.1 cm³/mol. The fraction of sp³-hybridized carbons (Fsp3) is 0.0556. The fourth-order valence-electron chi connectivity index (χ4n) is 2.09. The summed E-state index contributed by atoms with van der Waals surface area (Å²) in [5, 5.41) is 2.86. The highest BCUT2D eigenvalue weighted by atomic mass is 16.1. The normalized spacial score (nSPS) is 10.2. The minimum Gasteiger partial charge on any atom is -0.348 e. The van der Waals surface area contributed by atoms with Crippen LogP contribution in [0.5, 0.6) is 0 Å². The second kappa shape index (κ2) is 6.63. The Bertz CT molecular complexity index is 740. The van der Waals surface area contributed by atoms with Gasteiger partial charge in [0, 0.05) is 30.7 Å². The van der Waals surface area contributed by atoms with E-state index in [9.17, 15) is 4.79 Å². The molecule has 0 bridgehead atoms. The van der Waals surface area contributed by atoms with E-state index >= 15 is 0 Å². The maximum Gasteiger partial charge on any atom is 0.253 e. The monoisotopic (exact) mass is 289 g/mol. The second-order valence-corrected chi connectivity index (χ2v) is 4.84. The van der Waals surface area contributed by atoms with Gasteiger partial charge in [-0.1, -0.05) is 36.4 Å². The van der Waals surface area contributed by atoms with Gasteiger partial charge in [0.25, 0.3) is 5.91 Å². The zero-order chi connectivity index (χ0) is 15.2. The Morgan fingerprint density at radius 1 is 0.955 bits per heavy atom. The van der Waals surface area contributed by atoms with Crippen LogP contribution >= 0.6 is 0 Å². The van der Waals surface area contributed by atoms with E-state index in [1.807, 2.05) is 48.5 Å². The molecule has 0 saturated carbocycles.